The Morgan fingerprint density at radius 2 is 0.556 bits per heavy atom. The molecule has 0 atom stereocenters. The first-order valence-corrected chi connectivity index (χ1v) is 15.2. The second-order valence-corrected chi connectivity index (χ2v) is 13.4. The first-order valence-electron chi connectivity index (χ1n) is 10.9. The number of rotatable bonds is 8. The van der Waals surface area contributed by atoms with Gasteiger partial charge in [0.05, 0.1) is 0 Å². The maximum atomic E-state index is 6.02. The van der Waals surface area contributed by atoms with Crippen molar-refractivity contribution in [1.29, 1.82) is 0 Å². The molecule has 5 aromatic carbocycles. The quantitative estimate of drug-likeness (QED) is 0.221. The van der Waals surface area contributed by atoms with Gasteiger partial charge in [0.25, 0.3) is 0 Å². The molecule has 0 aliphatic heterocycles. The summed E-state index contributed by atoms with van der Waals surface area (Å²) in [6, 6.07) is 45.9. The van der Waals surface area contributed by atoms with E-state index in [2.05, 4.69) is 84.9 Å². The van der Waals surface area contributed by atoms with Crippen molar-refractivity contribution in [2.24, 2.45) is 0 Å². The summed E-state index contributed by atoms with van der Waals surface area (Å²) in [7, 11) is 0. The molecule has 2 radical (unpaired) electrons. The average Bonchev–Trinajstić information content (AvgIpc) is 2.89. The molecule has 0 N–H and O–H groups in total. The predicted molar refractivity (Wildman–Crippen MR) is 127 cm³/mol. The van der Waals surface area contributed by atoms with E-state index in [9.17, 15) is 0 Å². The fourth-order valence-corrected chi connectivity index (χ4v) is 7.61. The molecule has 0 unspecified atom stereocenters. The topological polar surface area (TPSA) is 18.5 Å². The van der Waals surface area contributed by atoms with Gasteiger partial charge in [0.2, 0.25) is 0 Å². The van der Waals surface area contributed by atoms with Gasteiger partial charge in [-0.3, -0.25) is 0 Å². The molecule has 0 aliphatic carbocycles. The number of benzene rings is 5. The third-order valence-corrected chi connectivity index (χ3v) is 10.2. The van der Waals surface area contributed by atoms with Gasteiger partial charge in [0, 0.05) is 65.4 Å². The molecule has 5 rings (SSSR count). The van der Waals surface area contributed by atoms with Crippen LogP contribution in [-0.4, -0.2) is 0 Å². The summed E-state index contributed by atoms with van der Waals surface area (Å²) in [4.78, 5) is 0. The van der Waals surface area contributed by atoms with E-state index >= 15 is 0 Å². The Hall–Kier alpha value is -0.632. The van der Waals surface area contributed by atoms with Gasteiger partial charge in [0.1, 0.15) is 23.0 Å². The molecule has 0 saturated carbocycles. The van der Waals surface area contributed by atoms with Crippen molar-refractivity contribution >= 4 is 0 Å². The van der Waals surface area contributed by atoms with E-state index in [1.165, 1.54) is 14.3 Å². The summed E-state index contributed by atoms with van der Waals surface area (Å²) < 4.78 is 17.6. The first kappa shape index (κ1) is 29.9. The molecular weight excluding hydrogens is 824 g/mol. The van der Waals surface area contributed by atoms with Gasteiger partial charge in [-0.1, -0.05) is 36.4 Å². The molecule has 2 nitrogen and oxygen atoms in total. The van der Waals surface area contributed by atoms with Crippen molar-refractivity contribution in [1.82, 2.24) is 0 Å². The average molecular weight is 846 g/mol. The van der Waals surface area contributed by atoms with Crippen LogP contribution in [0.2, 0.25) is 0 Å². The second kappa shape index (κ2) is 15.7. The van der Waals surface area contributed by atoms with E-state index in [0.29, 0.717) is 0 Å². The molecule has 0 bridgehead atoms. The van der Waals surface area contributed by atoms with Crippen molar-refractivity contribution < 1.29 is 117 Å². The minimum atomic E-state index is -0.160. The fourth-order valence-electron chi connectivity index (χ4n) is 3.19. The zero-order valence-electron chi connectivity index (χ0n) is 19.4. The van der Waals surface area contributed by atoms with Crippen LogP contribution in [0.4, 0.5) is 0 Å². The zero-order valence-corrected chi connectivity index (χ0v) is 29.4. The molecule has 0 aromatic heterocycles. The third kappa shape index (κ3) is 9.28. The van der Waals surface area contributed by atoms with Gasteiger partial charge in [-0.2, -0.15) is 0 Å². The maximum Gasteiger partial charge on any atom is 0.357 e. The maximum absolute atomic E-state index is 6.02. The summed E-state index contributed by atoms with van der Waals surface area (Å²) in [6.07, 6.45) is 0. The molecule has 172 valence electrons. The summed E-state index contributed by atoms with van der Waals surface area (Å²) in [6.45, 7) is 0. The molecule has 0 fully saturated rings. The van der Waals surface area contributed by atoms with Gasteiger partial charge < -0.3 is 9.47 Å². The Labute approximate surface area is 283 Å². The number of ether oxygens (including phenoxy) is 2. The largest absolute Gasteiger partial charge is 0.457 e. The number of halogens is 2. The Morgan fingerprint density at radius 3 is 0.861 bits per heavy atom. The first-order chi connectivity index (χ1) is 16.8. The van der Waals surface area contributed by atoms with E-state index < -0.39 is 0 Å². The molecule has 0 aliphatic rings. The smallest absolute Gasteiger partial charge is 0.357 e. The fraction of sp³-hybridized carbons (Fsp3) is 0. The van der Waals surface area contributed by atoms with Crippen molar-refractivity contribution in [3.8, 4) is 23.0 Å². The van der Waals surface area contributed by atoms with Crippen LogP contribution >= 0.6 is 0 Å². The van der Waals surface area contributed by atoms with Crippen LogP contribution in [0.1, 0.15) is 0 Å². The molecule has 0 spiro atoms. The van der Waals surface area contributed by atoms with Crippen LogP contribution in [0, 0.1) is 14.3 Å². The molecule has 0 amide bonds. The zero-order chi connectivity index (χ0) is 23.0. The number of hydrogen-bond acceptors (Lipinski definition) is 2. The molecule has 6 heteroatoms. The van der Waals surface area contributed by atoms with Crippen LogP contribution in [0.25, 0.3) is 0 Å². The van der Waals surface area contributed by atoms with Crippen LogP contribution in [0.3, 0.4) is 0 Å². The van der Waals surface area contributed by atoms with Crippen molar-refractivity contribution in [2.75, 3.05) is 0 Å². The van der Waals surface area contributed by atoms with Gasteiger partial charge in [-0.25, -0.2) is 0 Å². The van der Waals surface area contributed by atoms with Crippen LogP contribution < -0.4 is 51.9 Å². The Bertz CT molecular complexity index is 1210. The second-order valence-electron chi connectivity index (χ2n) is 7.36. The number of hydrogen-bond donors (Lipinski definition) is 0. The summed E-state index contributed by atoms with van der Waals surface area (Å²) >= 11 is -0.320. The standard InChI is InChI=1S/C30H22I2O2.2Y/c1-3-7-23(8-4-1)31-25-11-15-27(16-12-25)33-29-19-21-30(22-20-29)34-28-17-13-26(14-18-28)32-24-9-5-2-6-10-24;;/h1-22H;;/q+2;;. The third-order valence-electron chi connectivity index (χ3n) is 4.83. The molecular formula is C30H22I2O2Y2+2. The normalized spacial score (nSPS) is 10.0. The van der Waals surface area contributed by atoms with Crippen LogP contribution in [0.15, 0.2) is 133 Å². The van der Waals surface area contributed by atoms with E-state index in [4.69, 9.17) is 9.47 Å². The molecule has 0 heterocycles. The van der Waals surface area contributed by atoms with E-state index in [-0.39, 0.29) is 108 Å². The van der Waals surface area contributed by atoms with Gasteiger partial charge in [-0.05, 0) is 97.1 Å². The molecule has 36 heavy (non-hydrogen) atoms. The Balaban J connectivity index is 0.00000180. The molecule has 5 aromatic rings. The monoisotopic (exact) mass is 846 g/mol. The van der Waals surface area contributed by atoms with Crippen LogP contribution in [-0.2, 0) is 65.4 Å². The summed E-state index contributed by atoms with van der Waals surface area (Å²) in [5, 5.41) is 0. The Kier molecular flexibility index (Phi) is 13.0. The minimum Gasteiger partial charge on any atom is -0.457 e. The van der Waals surface area contributed by atoms with Crippen molar-refractivity contribution in [2.45, 2.75) is 0 Å². The Morgan fingerprint density at radius 1 is 0.306 bits per heavy atom. The van der Waals surface area contributed by atoms with E-state index in [0.717, 1.165) is 23.0 Å². The SMILES string of the molecule is [Y].[Y].c1ccc([I+]c2ccc(Oc3ccc(Oc4ccc([I+]c5ccccc5)cc4)cc3)cc2)cc1. The van der Waals surface area contributed by atoms with Gasteiger partial charge in [-0.15, -0.1) is 0 Å². The summed E-state index contributed by atoms with van der Waals surface area (Å²) in [5.74, 6) is 3.26. The minimum absolute atomic E-state index is 0. The predicted octanol–water partition coefficient (Wildman–Crippen LogP) is 1.52. The van der Waals surface area contributed by atoms with Gasteiger partial charge in [0.15, 0.2) is 14.3 Å². The van der Waals surface area contributed by atoms with E-state index in [1.807, 2.05) is 48.5 Å². The summed E-state index contributed by atoms with van der Waals surface area (Å²) in [5.41, 5.74) is 0. The van der Waals surface area contributed by atoms with Crippen molar-refractivity contribution in [3.05, 3.63) is 148 Å². The molecule has 0 saturated heterocycles. The van der Waals surface area contributed by atoms with Crippen molar-refractivity contribution in [3.63, 3.8) is 0 Å². The van der Waals surface area contributed by atoms with Crippen LogP contribution in [0.5, 0.6) is 23.0 Å². The van der Waals surface area contributed by atoms with E-state index in [1.54, 1.807) is 0 Å². The van der Waals surface area contributed by atoms with Gasteiger partial charge >= 0.3 is 42.4 Å².